The van der Waals surface area contributed by atoms with Crippen LogP contribution >= 0.6 is 11.8 Å². The Bertz CT molecular complexity index is 943. The van der Waals surface area contributed by atoms with E-state index >= 15 is 0 Å². The van der Waals surface area contributed by atoms with Gasteiger partial charge in [0.2, 0.25) is 0 Å². The van der Waals surface area contributed by atoms with Crippen molar-refractivity contribution < 1.29 is 25.2 Å². The van der Waals surface area contributed by atoms with E-state index in [1.165, 1.54) is 4.57 Å². The maximum absolute atomic E-state index is 12.4. The number of hydrogen-bond acceptors (Lipinski definition) is 9. The lowest BCUT2D eigenvalue weighted by molar-refractivity contribution is -0.253. The van der Waals surface area contributed by atoms with Gasteiger partial charge in [-0.05, 0) is 11.8 Å². The summed E-state index contributed by atoms with van der Waals surface area (Å²) in [5.41, 5.74) is -0.310. The molecule has 1 aromatic heterocycles. The third-order valence-electron chi connectivity index (χ3n) is 4.56. The van der Waals surface area contributed by atoms with Crippen molar-refractivity contribution in [3.63, 3.8) is 0 Å². The van der Waals surface area contributed by atoms with Gasteiger partial charge in [0.1, 0.15) is 36.0 Å². The van der Waals surface area contributed by atoms with Gasteiger partial charge in [-0.25, -0.2) is 0 Å². The highest BCUT2D eigenvalue weighted by molar-refractivity contribution is 7.98. The predicted molar refractivity (Wildman–Crippen MR) is 99.4 cm³/mol. The van der Waals surface area contributed by atoms with Crippen molar-refractivity contribution >= 4 is 11.8 Å². The molecule has 10 heteroatoms. The normalized spacial score (nSPS) is 27.4. The van der Waals surface area contributed by atoms with Gasteiger partial charge in [0.15, 0.2) is 11.4 Å². The van der Waals surface area contributed by atoms with Crippen LogP contribution < -0.4 is 5.56 Å². The number of hydrogen-bond donors (Lipinski definition) is 4. The number of aromatic nitrogens is 2. The Labute approximate surface area is 164 Å². The van der Waals surface area contributed by atoms with Gasteiger partial charge in [-0.15, -0.1) is 0 Å². The van der Waals surface area contributed by atoms with Crippen molar-refractivity contribution in [1.29, 1.82) is 5.26 Å². The molecule has 0 unspecified atom stereocenters. The number of nitrogens with zero attached hydrogens (tertiary/aromatic N) is 3. The van der Waals surface area contributed by atoms with Gasteiger partial charge in [0.25, 0.3) is 5.56 Å². The lowest BCUT2D eigenvalue weighted by atomic mass is 9.97. The van der Waals surface area contributed by atoms with Crippen LogP contribution in [0.4, 0.5) is 0 Å². The Morgan fingerprint density at radius 3 is 2.46 bits per heavy atom. The Balaban J connectivity index is 2.31. The number of rotatable bonds is 4. The Hall–Kier alpha value is -2.26. The molecular formula is C18H19N3O6S. The maximum Gasteiger partial charge on any atom is 0.292 e. The van der Waals surface area contributed by atoms with E-state index in [4.69, 9.17) is 4.74 Å². The van der Waals surface area contributed by atoms with Crippen molar-refractivity contribution in [2.75, 3.05) is 12.9 Å². The van der Waals surface area contributed by atoms with Crippen LogP contribution in [0, 0.1) is 11.3 Å². The molecule has 0 saturated carbocycles. The van der Waals surface area contributed by atoms with E-state index in [0.29, 0.717) is 5.56 Å². The van der Waals surface area contributed by atoms with Crippen LogP contribution in [0.3, 0.4) is 0 Å². The summed E-state index contributed by atoms with van der Waals surface area (Å²) >= 11 is 1.09. The molecule has 2 aromatic rings. The molecule has 3 rings (SSSR count). The number of thioether (sulfide) groups is 1. The summed E-state index contributed by atoms with van der Waals surface area (Å²) in [6, 6.07) is 10.4. The quantitative estimate of drug-likeness (QED) is 0.389. The zero-order chi connectivity index (χ0) is 20.4. The fraction of sp³-hybridized carbons (Fsp3) is 0.389. The topological polar surface area (TPSA) is 149 Å². The van der Waals surface area contributed by atoms with E-state index in [9.17, 15) is 30.5 Å². The summed E-state index contributed by atoms with van der Waals surface area (Å²) in [5, 5.41) is 50.0. The standard InChI is InChI=1S/C18H19N3O6S/c1-28-18-20-16(26)10(7-19)12(9-5-3-2-4-6-9)21(18)17-15(25)14(24)13(23)11(8-22)27-17/h2-6,11,13-15,17,22-25H,8H2,1H3/t11-,13-,14+,15-,17-/m1/s1. The molecule has 1 saturated heterocycles. The highest BCUT2D eigenvalue weighted by Crippen LogP contribution is 2.35. The largest absolute Gasteiger partial charge is 0.394 e. The zero-order valence-corrected chi connectivity index (χ0v) is 15.7. The highest BCUT2D eigenvalue weighted by Gasteiger charge is 2.45. The molecule has 1 aliphatic heterocycles. The molecule has 148 valence electrons. The van der Waals surface area contributed by atoms with Crippen LogP contribution in [0.25, 0.3) is 11.3 Å². The van der Waals surface area contributed by atoms with E-state index in [1.807, 2.05) is 6.07 Å². The van der Waals surface area contributed by atoms with Crippen molar-refractivity contribution in [2.24, 2.45) is 0 Å². The third kappa shape index (κ3) is 3.44. The second-order valence-corrected chi connectivity index (χ2v) is 6.97. The number of benzene rings is 1. The van der Waals surface area contributed by atoms with Crippen molar-refractivity contribution in [3.05, 3.63) is 46.2 Å². The second-order valence-electron chi connectivity index (χ2n) is 6.19. The SMILES string of the molecule is CSc1nc(=O)c(C#N)c(-c2ccccc2)n1[C@@H]1O[C@H](CO)[C@@H](O)[C@H](O)[C@H]1O. The van der Waals surface area contributed by atoms with Gasteiger partial charge in [0, 0.05) is 0 Å². The van der Waals surface area contributed by atoms with Crippen molar-refractivity contribution in [3.8, 4) is 17.3 Å². The second kappa shape index (κ2) is 8.40. The van der Waals surface area contributed by atoms with Crippen molar-refractivity contribution in [1.82, 2.24) is 9.55 Å². The van der Waals surface area contributed by atoms with Crippen molar-refractivity contribution in [2.45, 2.75) is 35.8 Å². The number of ether oxygens (including phenoxy) is 1. The highest BCUT2D eigenvalue weighted by atomic mass is 32.2. The molecule has 28 heavy (non-hydrogen) atoms. The molecular weight excluding hydrogens is 386 g/mol. The van der Waals surface area contributed by atoms with E-state index in [0.717, 1.165) is 11.8 Å². The van der Waals surface area contributed by atoms with E-state index in [2.05, 4.69) is 4.98 Å². The fourth-order valence-corrected chi connectivity index (χ4v) is 3.74. The smallest absolute Gasteiger partial charge is 0.292 e. The van der Waals surface area contributed by atoms with Gasteiger partial charge in [0.05, 0.1) is 12.3 Å². The molecule has 0 bridgehead atoms. The molecule has 0 aliphatic carbocycles. The molecule has 1 aliphatic rings. The molecule has 9 nitrogen and oxygen atoms in total. The predicted octanol–water partition coefficient (Wildman–Crippen LogP) is -0.524. The molecule has 0 radical (unpaired) electrons. The molecule has 2 heterocycles. The van der Waals surface area contributed by atoms with Crippen LogP contribution in [-0.2, 0) is 4.74 Å². The van der Waals surface area contributed by atoms with Gasteiger partial charge < -0.3 is 25.2 Å². The van der Waals surface area contributed by atoms with E-state index in [1.54, 1.807) is 36.6 Å². The number of aliphatic hydroxyl groups excluding tert-OH is 4. The van der Waals surface area contributed by atoms with Crippen LogP contribution in [0.15, 0.2) is 40.3 Å². The van der Waals surface area contributed by atoms with Gasteiger partial charge in [-0.1, -0.05) is 42.1 Å². The minimum Gasteiger partial charge on any atom is -0.394 e. The first kappa shape index (κ1) is 20.5. The van der Waals surface area contributed by atoms with E-state index in [-0.39, 0.29) is 16.4 Å². The summed E-state index contributed by atoms with van der Waals surface area (Å²) in [4.78, 5) is 16.3. The van der Waals surface area contributed by atoms with Crippen LogP contribution in [0.2, 0.25) is 0 Å². The molecule has 0 spiro atoms. The summed E-state index contributed by atoms with van der Waals surface area (Å²) in [6.07, 6.45) is -5.53. The van der Waals surface area contributed by atoms with Gasteiger partial charge in [-0.2, -0.15) is 10.2 Å². The Kier molecular flexibility index (Phi) is 6.14. The Morgan fingerprint density at radius 1 is 1.21 bits per heavy atom. The minimum atomic E-state index is -1.61. The Morgan fingerprint density at radius 2 is 1.89 bits per heavy atom. The van der Waals surface area contributed by atoms with Crippen LogP contribution in [0.1, 0.15) is 11.8 Å². The lowest BCUT2D eigenvalue weighted by Gasteiger charge is -2.42. The monoisotopic (exact) mass is 405 g/mol. The number of nitriles is 1. The van der Waals surface area contributed by atoms with Crippen LogP contribution in [0.5, 0.6) is 0 Å². The summed E-state index contributed by atoms with van der Waals surface area (Å²) < 4.78 is 7.00. The lowest BCUT2D eigenvalue weighted by Crippen LogP contribution is -2.57. The van der Waals surface area contributed by atoms with Gasteiger partial charge >= 0.3 is 0 Å². The average molecular weight is 405 g/mol. The first-order chi connectivity index (χ1) is 13.4. The molecule has 1 fully saturated rings. The average Bonchev–Trinajstić information content (AvgIpc) is 2.72. The number of aliphatic hydroxyl groups is 4. The summed E-state index contributed by atoms with van der Waals surface area (Å²) in [7, 11) is 0. The molecule has 4 N–H and O–H groups in total. The minimum absolute atomic E-state index is 0.146. The van der Waals surface area contributed by atoms with Gasteiger partial charge in [-0.3, -0.25) is 9.36 Å². The zero-order valence-electron chi connectivity index (χ0n) is 14.8. The molecule has 1 aromatic carbocycles. The van der Waals surface area contributed by atoms with Crippen LogP contribution in [-0.4, -0.2) is 67.3 Å². The summed E-state index contributed by atoms with van der Waals surface area (Å²) in [6.45, 7) is -0.602. The summed E-state index contributed by atoms with van der Waals surface area (Å²) in [5.74, 6) is 0. The van der Waals surface area contributed by atoms with E-state index < -0.39 is 42.8 Å². The first-order valence-electron chi connectivity index (χ1n) is 8.41. The first-order valence-corrected chi connectivity index (χ1v) is 9.63. The fourth-order valence-electron chi connectivity index (χ4n) is 3.17. The maximum atomic E-state index is 12.4. The molecule has 5 atom stereocenters. The molecule has 0 amide bonds. The third-order valence-corrected chi connectivity index (χ3v) is 5.21.